The van der Waals surface area contributed by atoms with E-state index < -0.39 is 22.8 Å². The van der Waals surface area contributed by atoms with Crippen LogP contribution in [0.25, 0.3) is 0 Å². The molecular formula is C28H30N2O8S. The summed E-state index contributed by atoms with van der Waals surface area (Å²) in [5, 5.41) is 14.4. The molecule has 0 saturated carbocycles. The molecule has 1 aliphatic rings. The van der Waals surface area contributed by atoms with Crippen molar-refractivity contribution in [1.82, 2.24) is 5.32 Å². The largest absolute Gasteiger partial charge is 0.462 e. The second-order valence-corrected chi connectivity index (χ2v) is 9.68. The van der Waals surface area contributed by atoms with Crippen LogP contribution >= 0.6 is 11.8 Å². The molecule has 2 aromatic carbocycles. The van der Waals surface area contributed by atoms with E-state index in [2.05, 4.69) is 5.32 Å². The molecule has 39 heavy (non-hydrogen) atoms. The highest BCUT2D eigenvalue weighted by molar-refractivity contribution is 8.14. The number of nitrogens with one attached hydrogen (secondary N) is 1. The standard InChI is InChI=1S/C28H30N2O8S/c1-18-23(26(31)37-13-8-16-39-28(33)20-9-5-4-6-10-20)25(21-11-7-12-22(17-21)30(34)35)24(19(2)29-18)27(32)38-15-14-36-3/h4-7,9-12,17,25,29H,8,13-16H2,1-3H3. The quantitative estimate of drug-likeness (QED) is 0.173. The van der Waals surface area contributed by atoms with Gasteiger partial charge in [0.1, 0.15) is 6.61 Å². The molecule has 0 amide bonds. The van der Waals surface area contributed by atoms with Crippen LogP contribution in [0.2, 0.25) is 0 Å². The summed E-state index contributed by atoms with van der Waals surface area (Å²) in [5.41, 5.74) is 2.00. The fourth-order valence-corrected chi connectivity index (χ4v) is 4.86. The van der Waals surface area contributed by atoms with Gasteiger partial charge in [0, 0.05) is 42.0 Å². The molecule has 2 aromatic rings. The topological polar surface area (TPSA) is 134 Å². The van der Waals surface area contributed by atoms with Gasteiger partial charge in [-0.1, -0.05) is 54.2 Å². The number of esters is 2. The van der Waals surface area contributed by atoms with Crippen LogP contribution in [-0.4, -0.2) is 54.7 Å². The van der Waals surface area contributed by atoms with Crippen molar-refractivity contribution in [1.29, 1.82) is 0 Å². The Morgan fingerprint density at radius 1 is 0.923 bits per heavy atom. The van der Waals surface area contributed by atoms with Crippen molar-refractivity contribution in [3.05, 3.63) is 98.4 Å². The zero-order valence-corrected chi connectivity index (χ0v) is 22.7. The van der Waals surface area contributed by atoms with Crippen LogP contribution in [0.5, 0.6) is 0 Å². The van der Waals surface area contributed by atoms with E-state index in [1.54, 1.807) is 44.2 Å². The highest BCUT2D eigenvalue weighted by Gasteiger charge is 2.38. The predicted molar refractivity (Wildman–Crippen MR) is 146 cm³/mol. The van der Waals surface area contributed by atoms with Crippen LogP contribution < -0.4 is 5.32 Å². The summed E-state index contributed by atoms with van der Waals surface area (Å²) < 4.78 is 15.8. The minimum Gasteiger partial charge on any atom is -0.462 e. The Morgan fingerprint density at radius 2 is 1.56 bits per heavy atom. The third kappa shape index (κ3) is 7.78. The summed E-state index contributed by atoms with van der Waals surface area (Å²) in [5.74, 6) is -1.86. The molecule has 0 saturated heterocycles. The fraction of sp³-hybridized carbons (Fsp3) is 0.321. The highest BCUT2D eigenvalue weighted by atomic mass is 32.2. The van der Waals surface area contributed by atoms with Gasteiger partial charge in [-0.2, -0.15) is 0 Å². The number of nitro benzene ring substituents is 1. The van der Waals surface area contributed by atoms with E-state index in [4.69, 9.17) is 14.2 Å². The van der Waals surface area contributed by atoms with Crippen LogP contribution in [0, 0.1) is 10.1 Å². The Morgan fingerprint density at radius 3 is 2.18 bits per heavy atom. The van der Waals surface area contributed by atoms with E-state index in [0.717, 1.165) is 11.8 Å². The minimum atomic E-state index is -0.956. The Balaban J connectivity index is 1.78. The summed E-state index contributed by atoms with van der Waals surface area (Å²) in [6, 6.07) is 14.7. The number of hydrogen-bond acceptors (Lipinski definition) is 10. The van der Waals surface area contributed by atoms with Crippen molar-refractivity contribution >= 4 is 34.5 Å². The average Bonchev–Trinajstić information content (AvgIpc) is 2.92. The monoisotopic (exact) mass is 554 g/mol. The molecule has 1 unspecified atom stereocenters. The molecule has 3 rings (SSSR count). The first-order chi connectivity index (χ1) is 18.7. The zero-order valence-electron chi connectivity index (χ0n) is 21.9. The lowest BCUT2D eigenvalue weighted by Crippen LogP contribution is -2.33. The molecule has 0 aliphatic carbocycles. The number of thioether (sulfide) groups is 1. The van der Waals surface area contributed by atoms with Crippen LogP contribution in [0.3, 0.4) is 0 Å². The fourth-order valence-electron chi connectivity index (χ4n) is 4.11. The van der Waals surface area contributed by atoms with E-state index >= 15 is 0 Å². The van der Waals surface area contributed by atoms with Crippen LogP contribution in [-0.2, 0) is 23.8 Å². The Labute approximate surface area is 230 Å². The highest BCUT2D eigenvalue weighted by Crippen LogP contribution is 2.40. The lowest BCUT2D eigenvalue weighted by atomic mass is 9.80. The third-order valence-electron chi connectivity index (χ3n) is 5.90. The van der Waals surface area contributed by atoms with Gasteiger partial charge in [-0.3, -0.25) is 14.9 Å². The maximum atomic E-state index is 13.3. The Hall–Kier alpha value is -3.96. The van der Waals surface area contributed by atoms with Crippen LogP contribution in [0.15, 0.2) is 77.1 Å². The van der Waals surface area contributed by atoms with E-state index in [1.807, 2.05) is 6.07 Å². The number of benzene rings is 2. The summed E-state index contributed by atoms with van der Waals surface area (Å²) in [4.78, 5) is 49.6. The summed E-state index contributed by atoms with van der Waals surface area (Å²) >= 11 is 1.14. The van der Waals surface area contributed by atoms with Crippen molar-refractivity contribution in [2.45, 2.75) is 26.2 Å². The van der Waals surface area contributed by atoms with Gasteiger partial charge in [0.15, 0.2) is 0 Å². The molecule has 206 valence electrons. The lowest BCUT2D eigenvalue weighted by molar-refractivity contribution is -0.384. The number of allylic oxidation sites excluding steroid dienone is 2. The smallest absolute Gasteiger partial charge is 0.336 e. The van der Waals surface area contributed by atoms with Gasteiger partial charge in [-0.05, 0) is 25.8 Å². The number of methoxy groups -OCH3 is 1. The summed E-state index contributed by atoms with van der Waals surface area (Å²) in [6.45, 7) is 3.56. The molecule has 0 bridgehead atoms. The first-order valence-corrected chi connectivity index (χ1v) is 13.2. The van der Waals surface area contributed by atoms with E-state index in [-0.39, 0.29) is 41.8 Å². The summed E-state index contributed by atoms with van der Waals surface area (Å²) in [7, 11) is 1.47. The van der Waals surface area contributed by atoms with Crippen molar-refractivity contribution in [2.75, 3.05) is 32.7 Å². The second-order valence-electron chi connectivity index (χ2n) is 8.61. The van der Waals surface area contributed by atoms with Crippen molar-refractivity contribution in [3.8, 4) is 0 Å². The number of non-ortho nitro benzene ring substituents is 1. The van der Waals surface area contributed by atoms with Gasteiger partial charge in [-0.25, -0.2) is 9.59 Å². The molecule has 11 heteroatoms. The van der Waals surface area contributed by atoms with Crippen LogP contribution in [0.4, 0.5) is 5.69 Å². The summed E-state index contributed by atoms with van der Waals surface area (Å²) in [6.07, 6.45) is 0.428. The number of nitrogens with zero attached hydrogens (tertiary/aromatic N) is 1. The molecule has 10 nitrogen and oxygen atoms in total. The first-order valence-electron chi connectivity index (χ1n) is 12.2. The number of carbonyl (C=O) groups is 3. The molecule has 1 N–H and O–H groups in total. The number of dihydropyridines is 1. The minimum absolute atomic E-state index is 0.00435. The first kappa shape index (κ1) is 29.6. The molecule has 0 radical (unpaired) electrons. The molecule has 1 heterocycles. The maximum absolute atomic E-state index is 13.3. The number of carbonyl (C=O) groups excluding carboxylic acids is 3. The van der Waals surface area contributed by atoms with Crippen molar-refractivity contribution in [3.63, 3.8) is 0 Å². The molecule has 0 aromatic heterocycles. The normalized spacial score (nSPS) is 15.0. The Bertz CT molecular complexity index is 1290. The van der Waals surface area contributed by atoms with Crippen molar-refractivity contribution in [2.24, 2.45) is 0 Å². The number of ether oxygens (including phenoxy) is 3. The molecule has 0 spiro atoms. The number of hydrogen-bond donors (Lipinski definition) is 1. The van der Waals surface area contributed by atoms with E-state index in [0.29, 0.717) is 34.7 Å². The van der Waals surface area contributed by atoms with Gasteiger partial charge in [0.25, 0.3) is 5.69 Å². The van der Waals surface area contributed by atoms with Gasteiger partial charge in [0.2, 0.25) is 5.12 Å². The maximum Gasteiger partial charge on any atom is 0.336 e. The van der Waals surface area contributed by atoms with E-state index in [9.17, 15) is 24.5 Å². The van der Waals surface area contributed by atoms with E-state index in [1.165, 1.54) is 25.3 Å². The molecular weight excluding hydrogens is 524 g/mol. The van der Waals surface area contributed by atoms with Crippen molar-refractivity contribution < 1.29 is 33.5 Å². The van der Waals surface area contributed by atoms with Gasteiger partial charge >= 0.3 is 11.9 Å². The van der Waals surface area contributed by atoms with Gasteiger partial charge < -0.3 is 19.5 Å². The van der Waals surface area contributed by atoms with Crippen LogP contribution in [0.1, 0.15) is 42.1 Å². The average molecular weight is 555 g/mol. The molecule has 0 fully saturated rings. The lowest BCUT2D eigenvalue weighted by Gasteiger charge is -2.30. The number of rotatable bonds is 12. The SMILES string of the molecule is COCCOC(=O)C1=C(C)NC(C)=C(C(=O)OCCCSC(=O)c2ccccc2)C1c1cccc([N+](=O)[O-])c1. The van der Waals surface area contributed by atoms with Gasteiger partial charge in [-0.15, -0.1) is 0 Å². The third-order valence-corrected chi connectivity index (χ3v) is 6.89. The predicted octanol–water partition coefficient (Wildman–Crippen LogP) is 4.53. The zero-order chi connectivity index (χ0) is 28.4. The molecule has 1 aliphatic heterocycles. The molecule has 1 atom stereocenters. The van der Waals surface area contributed by atoms with Gasteiger partial charge in [0.05, 0.1) is 35.2 Å². The number of nitro groups is 1. The Kier molecular flexibility index (Phi) is 10.8. The second kappa shape index (κ2) is 14.3.